The summed E-state index contributed by atoms with van der Waals surface area (Å²) in [6.07, 6.45) is -2.43. The smallest absolute Gasteiger partial charge is 0.115 e. The minimum Gasteiger partial charge on any atom is -0.388 e. The first-order valence-electron chi connectivity index (χ1n) is 8.89. The van der Waals surface area contributed by atoms with Crippen LogP contribution < -0.4 is 0 Å². The molecular formula is C20H23N3O4. The Bertz CT molecular complexity index is 737. The topological polar surface area (TPSA) is 96.7 Å². The highest BCUT2D eigenvalue weighted by Gasteiger charge is 2.41. The predicted molar refractivity (Wildman–Crippen MR) is 99.8 cm³/mol. The Morgan fingerprint density at radius 2 is 1.52 bits per heavy atom. The van der Waals surface area contributed by atoms with Gasteiger partial charge in [-0.3, -0.25) is 0 Å². The van der Waals surface area contributed by atoms with Crippen molar-refractivity contribution in [2.75, 3.05) is 13.2 Å². The van der Waals surface area contributed by atoms with E-state index in [4.69, 9.17) is 19.7 Å². The van der Waals surface area contributed by atoms with E-state index < -0.39 is 24.4 Å². The molecule has 1 heterocycles. The van der Waals surface area contributed by atoms with E-state index in [0.717, 1.165) is 11.1 Å². The minimum atomic E-state index is -0.822. The fourth-order valence-electron chi connectivity index (χ4n) is 3.06. The Kier molecular flexibility index (Phi) is 7.21. The lowest BCUT2D eigenvalue weighted by Gasteiger charge is -2.40. The van der Waals surface area contributed by atoms with E-state index in [1.165, 1.54) is 0 Å². The minimum absolute atomic E-state index is 0.107. The Morgan fingerprint density at radius 1 is 0.963 bits per heavy atom. The number of hydrogen-bond acceptors (Lipinski definition) is 5. The highest BCUT2D eigenvalue weighted by atomic mass is 16.6. The van der Waals surface area contributed by atoms with Gasteiger partial charge in [-0.25, -0.2) is 0 Å². The second-order valence-electron chi connectivity index (χ2n) is 6.38. The van der Waals surface area contributed by atoms with Gasteiger partial charge in [-0.15, -0.1) is 0 Å². The van der Waals surface area contributed by atoms with Gasteiger partial charge in [0.2, 0.25) is 0 Å². The molecule has 7 heteroatoms. The van der Waals surface area contributed by atoms with Gasteiger partial charge in [0.15, 0.2) is 0 Å². The number of benzene rings is 2. The number of aliphatic hydroxyl groups excluding tert-OH is 1. The van der Waals surface area contributed by atoms with E-state index in [0.29, 0.717) is 13.2 Å². The summed E-state index contributed by atoms with van der Waals surface area (Å²) in [6.45, 7) is 0.922. The summed E-state index contributed by atoms with van der Waals surface area (Å²) in [7, 11) is 0. The SMILES string of the molecule is [N-]=[N+]=NC[C@H]1OC[C@H](O)[C@H](OCc2ccccc2)[C@H]1OCc1ccccc1. The van der Waals surface area contributed by atoms with Gasteiger partial charge in [0.25, 0.3) is 0 Å². The first kappa shape index (κ1) is 19.4. The fourth-order valence-corrected chi connectivity index (χ4v) is 3.06. The number of hydrogen-bond donors (Lipinski definition) is 1. The molecule has 0 amide bonds. The predicted octanol–water partition coefficient (Wildman–Crippen LogP) is 3.23. The molecule has 2 aromatic rings. The maximum Gasteiger partial charge on any atom is 0.115 e. The summed E-state index contributed by atoms with van der Waals surface area (Å²) in [5, 5.41) is 14.0. The quantitative estimate of drug-likeness (QED) is 0.439. The van der Waals surface area contributed by atoms with Crippen LogP contribution in [0.2, 0.25) is 0 Å². The largest absolute Gasteiger partial charge is 0.388 e. The van der Waals surface area contributed by atoms with Crippen LogP contribution in [0.5, 0.6) is 0 Å². The summed E-state index contributed by atoms with van der Waals surface area (Å²) in [4.78, 5) is 2.81. The van der Waals surface area contributed by atoms with Crippen LogP contribution in [0.4, 0.5) is 0 Å². The third kappa shape index (κ3) is 5.53. The van der Waals surface area contributed by atoms with E-state index in [1.807, 2.05) is 60.7 Å². The molecule has 0 spiro atoms. The van der Waals surface area contributed by atoms with Crippen LogP contribution in [0.15, 0.2) is 65.8 Å². The van der Waals surface area contributed by atoms with Crippen molar-refractivity contribution in [2.45, 2.75) is 37.6 Å². The average Bonchev–Trinajstić information content (AvgIpc) is 2.72. The number of nitrogens with zero attached hydrogens (tertiary/aromatic N) is 3. The van der Waals surface area contributed by atoms with Gasteiger partial charge in [0, 0.05) is 4.91 Å². The van der Waals surface area contributed by atoms with E-state index >= 15 is 0 Å². The van der Waals surface area contributed by atoms with Crippen LogP contribution in [0.1, 0.15) is 11.1 Å². The maximum absolute atomic E-state index is 10.4. The summed E-state index contributed by atoms with van der Waals surface area (Å²) < 4.78 is 17.7. The van der Waals surface area contributed by atoms with Crippen molar-refractivity contribution < 1.29 is 19.3 Å². The van der Waals surface area contributed by atoms with E-state index in [9.17, 15) is 5.11 Å². The molecule has 0 bridgehead atoms. The summed E-state index contributed by atoms with van der Waals surface area (Å²) in [5.41, 5.74) is 10.6. The molecule has 142 valence electrons. The lowest BCUT2D eigenvalue weighted by molar-refractivity contribution is -0.222. The molecule has 1 aliphatic heterocycles. The first-order valence-corrected chi connectivity index (χ1v) is 8.89. The number of azide groups is 1. The van der Waals surface area contributed by atoms with Gasteiger partial charge in [-0.05, 0) is 16.7 Å². The van der Waals surface area contributed by atoms with E-state index in [2.05, 4.69) is 10.0 Å². The van der Waals surface area contributed by atoms with Gasteiger partial charge in [0.05, 0.1) is 32.5 Å². The van der Waals surface area contributed by atoms with Crippen LogP contribution >= 0.6 is 0 Å². The summed E-state index contributed by atoms with van der Waals surface area (Å²) in [5.74, 6) is 0. The molecule has 0 saturated carbocycles. The molecule has 7 nitrogen and oxygen atoms in total. The van der Waals surface area contributed by atoms with Crippen LogP contribution in [0.25, 0.3) is 10.4 Å². The third-order valence-electron chi connectivity index (χ3n) is 4.45. The second kappa shape index (κ2) is 10.1. The van der Waals surface area contributed by atoms with Crippen LogP contribution in [0, 0.1) is 0 Å². The average molecular weight is 369 g/mol. The lowest BCUT2D eigenvalue weighted by Crippen LogP contribution is -2.56. The van der Waals surface area contributed by atoms with Crippen molar-refractivity contribution in [3.63, 3.8) is 0 Å². The maximum atomic E-state index is 10.4. The van der Waals surface area contributed by atoms with Crippen molar-refractivity contribution >= 4 is 0 Å². The second-order valence-corrected chi connectivity index (χ2v) is 6.38. The third-order valence-corrected chi connectivity index (χ3v) is 4.45. The van der Waals surface area contributed by atoms with Crippen molar-refractivity contribution in [3.8, 4) is 0 Å². The molecule has 1 fully saturated rings. The highest BCUT2D eigenvalue weighted by Crippen LogP contribution is 2.24. The molecule has 1 saturated heterocycles. The van der Waals surface area contributed by atoms with E-state index in [-0.39, 0.29) is 13.2 Å². The lowest BCUT2D eigenvalue weighted by atomic mass is 9.99. The van der Waals surface area contributed by atoms with Crippen molar-refractivity contribution in [2.24, 2.45) is 5.11 Å². The molecule has 4 atom stereocenters. The Hall–Kier alpha value is -2.41. The van der Waals surface area contributed by atoms with Gasteiger partial charge in [-0.1, -0.05) is 65.8 Å². The molecular weight excluding hydrogens is 346 g/mol. The van der Waals surface area contributed by atoms with Crippen LogP contribution in [-0.2, 0) is 27.4 Å². The van der Waals surface area contributed by atoms with Gasteiger partial charge < -0.3 is 19.3 Å². The molecule has 1 aliphatic rings. The Morgan fingerprint density at radius 3 is 2.07 bits per heavy atom. The van der Waals surface area contributed by atoms with Crippen molar-refractivity contribution in [3.05, 3.63) is 82.2 Å². The Balaban J connectivity index is 1.71. The number of aliphatic hydroxyl groups is 1. The zero-order valence-electron chi connectivity index (χ0n) is 14.9. The molecule has 27 heavy (non-hydrogen) atoms. The monoisotopic (exact) mass is 369 g/mol. The number of ether oxygens (including phenoxy) is 3. The van der Waals surface area contributed by atoms with Crippen molar-refractivity contribution in [1.29, 1.82) is 0 Å². The van der Waals surface area contributed by atoms with Crippen LogP contribution in [0.3, 0.4) is 0 Å². The number of rotatable bonds is 8. The summed E-state index contributed by atoms with van der Waals surface area (Å²) >= 11 is 0. The zero-order chi connectivity index (χ0) is 18.9. The highest BCUT2D eigenvalue weighted by molar-refractivity contribution is 5.14. The van der Waals surface area contributed by atoms with Gasteiger partial charge in [-0.2, -0.15) is 0 Å². The molecule has 3 rings (SSSR count). The van der Waals surface area contributed by atoms with E-state index in [1.54, 1.807) is 0 Å². The zero-order valence-corrected chi connectivity index (χ0v) is 14.9. The molecule has 0 aliphatic carbocycles. The summed E-state index contributed by atoms with van der Waals surface area (Å²) in [6, 6.07) is 19.5. The van der Waals surface area contributed by atoms with Gasteiger partial charge in [0.1, 0.15) is 18.3 Å². The van der Waals surface area contributed by atoms with Gasteiger partial charge >= 0.3 is 0 Å². The molecule has 2 aromatic carbocycles. The molecule has 0 unspecified atom stereocenters. The molecule has 0 aromatic heterocycles. The molecule has 0 radical (unpaired) electrons. The molecule has 1 N–H and O–H groups in total. The fraction of sp³-hybridized carbons (Fsp3) is 0.400. The normalized spacial score (nSPS) is 24.9. The van der Waals surface area contributed by atoms with Crippen molar-refractivity contribution in [1.82, 2.24) is 0 Å². The van der Waals surface area contributed by atoms with Crippen LogP contribution in [-0.4, -0.2) is 42.7 Å². The standard InChI is InChI=1S/C20H23N3O4/c21-23-22-11-18-20(27-13-16-9-5-2-6-10-16)19(17(24)14-25-18)26-12-15-7-3-1-4-8-15/h1-10,17-20,24H,11-14H2/t17-,18+,19-,20-/m0/s1. The first-order chi connectivity index (χ1) is 13.3. The Labute approximate surface area is 158 Å².